The third-order valence-corrected chi connectivity index (χ3v) is 4.21. The van der Waals surface area contributed by atoms with Gasteiger partial charge in [-0.05, 0) is 36.4 Å². The molecule has 2 aromatic rings. The van der Waals surface area contributed by atoms with E-state index in [4.69, 9.17) is 16.9 Å². The SMILES string of the molecule is N#Cc1cccc(N2CCN(C(=O)c3cccc(Cl)c3)CC2)c1. The number of anilines is 1. The van der Waals surface area contributed by atoms with Crippen LogP contribution in [0.5, 0.6) is 0 Å². The fourth-order valence-corrected chi connectivity index (χ4v) is 2.93. The Hall–Kier alpha value is -2.51. The van der Waals surface area contributed by atoms with Crippen molar-refractivity contribution in [1.82, 2.24) is 4.90 Å². The van der Waals surface area contributed by atoms with E-state index in [1.807, 2.05) is 23.1 Å². The number of benzene rings is 2. The van der Waals surface area contributed by atoms with Gasteiger partial charge >= 0.3 is 0 Å². The molecular weight excluding hydrogens is 310 g/mol. The third kappa shape index (κ3) is 3.46. The van der Waals surface area contributed by atoms with Crippen LogP contribution in [0.1, 0.15) is 15.9 Å². The molecule has 1 aliphatic heterocycles. The van der Waals surface area contributed by atoms with E-state index in [0.29, 0.717) is 29.2 Å². The summed E-state index contributed by atoms with van der Waals surface area (Å²) in [5, 5.41) is 9.56. The van der Waals surface area contributed by atoms with Crippen molar-refractivity contribution < 1.29 is 4.79 Å². The van der Waals surface area contributed by atoms with Crippen molar-refractivity contribution in [1.29, 1.82) is 5.26 Å². The van der Waals surface area contributed by atoms with Crippen LogP contribution in [0.2, 0.25) is 5.02 Å². The van der Waals surface area contributed by atoms with Crippen LogP contribution >= 0.6 is 11.6 Å². The fourth-order valence-electron chi connectivity index (χ4n) is 2.74. The molecule has 0 bridgehead atoms. The van der Waals surface area contributed by atoms with Gasteiger partial charge in [0.15, 0.2) is 0 Å². The summed E-state index contributed by atoms with van der Waals surface area (Å²) in [6.07, 6.45) is 0. The van der Waals surface area contributed by atoms with Crippen molar-refractivity contribution in [2.45, 2.75) is 0 Å². The Balaban J connectivity index is 1.66. The minimum atomic E-state index is 0.0120. The number of nitrogens with zero attached hydrogens (tertiary/aromatic N) is 3. The van der Waals surface area contributed by atoms with Crippen LogP contribution in [0.15, 0.2) is 48.5 Å². The monoisotopic (exact) mass is 325 g/mol. The summed E-state index contributed by atoms with van der Waals surface area (Å²) in [5.74, 6) is 0.0120. The number of amides is 1. The van der Waals surface area contributed by atoms with Gasteiger partial charge in [0, 0.05) is 42.5 Å². The number of piperazine rings is 1. The first-order valence-corrected chi connectivity index (χ1v) is 7.85. The van der Waals surface area contributed by atoms with E-state index < -0.39 is 0 Å². The average Bonchev–Trinajstić information content (AvgIpc) is 2.61. The summed E-state index contributed by atoms with van der Waals surface area (Å²) in [5.41, 5.74) is 2.30. The summed E-state index contributed by atoms with van der Waals surface area (Å²) >= 11 is 5.95. The molecule has 0 aliphatic carbocycles. The lowest BCUT2D eigenvalue weighted by atomic mass is 10.1. The van der Waals surface area contributed by atoms with Gasteiger partial charge in [0.25, 0.3) is 5.91 Å². The normalized spacial score (nSPS) is 14.4. The van der Waals surface area contributed by atoms with Gasteiger partial charge in [-0.1, -0.05) is 23.7 Å². The smallest absolute Gasteiger partial charge is 0.254 e. The molecule has 1 saturated heterocycles. The van der Waals surface area contributed by atoms with E-state index in [9.17, 15) is 4.79 Å². The van der Waals surface area contributed by atoms with E-state index >= 15 is 0 Å². The molecule has 23 heavy (non-hydrogen) atoms. The second-order valence-corrected chi connectivity index (χ2v) is 5.89. The van der Waals surface area contributed by atoms with Crippen LogP contribution in [0.25, 0.3) is 0 Å². The van der Waals surface area contributed by atoms with Crippen molar-refractivity contribution in [3.05, 3.63) is 64.7 Å². The number of hydrogen-bond acceptors (Lipinski definition) is 3. The van der Waals surface area contributed by atoms with Crippen LogP contribution in [0.3, 0.4) is 0 Å². The van der Waals surface area contributed by atoms with Crippen molar-refractivity contribution in [2.24, 2.45) is 0 Å². The van der Waals surface area contributed by atoms with Gasteiger partial charge in [-0.2, -0.15) is 5.26 Å². The maximum Gasteiger partial charge on any atom is 0.254 e. The summed E-state index contributed by atoms with van der Waals surface area (Å²) in [6, 6.07) is 16.8. The lowest BCUT2D eigenvalue weighted by Crippen LogP contribution is -2.48. The summed E-state index contributed by atoms with van der Waals surface area (Å²) in [7, 11) is 0. The van der Waals surface area contributed by atoms with Crippen LogP contribution in [-0.2, 0) is 0 Å². The Morgan fingerprint density at radius 2 is 1.78 bits per heavy atom. The van der Waals surface area contributed by atoms with Gasteiger partial charge < -0.3 is 9.80 Å². The van der Waals surface area contributed by atoms with Gasteiger partial charge in [-0.25, -0.2) is 0 Å². The van der Waals surface area contributed by atoms with Crippen molar-refractivity contribution in [3.63, 3.8) is 0 Å². The Kier molecular flexibility index (Phi) is 4.50. The molecule has 0 atom stereocenters. The highest BCUT2D eigenvalue weighted by molar-refractivity contribution is 6.30. The first-order valence-electron chi connectivity index (χ1n) is 7.47. The fraction of sp³-hybridized carbons (Fsp3) is 0.222. The summed E-state index contributed by atoms with van der Waals surface area (Å²) in [6.45, 7) is 2.81. The Morgan fingerprint density at radius 1 is 1.04 bits per heavy atom. The maximum absolute atomic E-state index is 12.5. The third-order valence-electron chi connectivity index (χ3n) is 3.98. The number of nitriles is 1. The van der Waals surface area contributed by atoms with Gasteiger partial charge in [-0.15, -0.1) is 0 Å². The molecule has 0 radical (unpaired) electrons. The van der Waals surface area contributed by atoms with Gasteiger partial charge in [0.05, 0.1) is 11.6 Å². The van der Waals surface area contributed by atoms with Crippen molar-refractivity contribution in [2.75, 3.05) is 31.1 Å². The van der Waals surface area contributed by atoms with E-state index in [1.54, 1.807) is 30.3 Å². The molecule has 0 spiro atoms. The zero-order chi connectivity index (χ0) is 16.2. The number of carbonyl (C=O) groups excluding carboxylic acids is 1. The molecule has 4 nitrogen and oxygen atoms in total. The van der Waals surface area contributed by atoms with Crippen LogP contribution in [0.4, 0.5) is 5.69 Å². The number of hydrogen-bond donors (Lipinski definition) is 0. The van der Waals surface area contributed by atoms with Crippen molar-refractivity contribution in [3.8, 4) is 6.07 Å². The van der Waals surface area contributed by atoms with E-state index in [-0.39, 0.29) is 5.91 Å². The molecule has 0 unspecified atom stereocenters. The zero-order valence-corrected chi connectivity index (χ0v) is 13.3. The molecule has 3 rings (SSSR count). The second kappa shape index (κ2) is 6.72. The lowest BCUT2D eigenvalue weighted by Gasteiger charge is -2.36. The molecule has 116 valence electrons. The predicted molar refractivity (Wildman–Crippen MR) is 90.7 cm³/mol. The summed E-state index contributed by atoms with van der Waals surface area (Å²) < 4.78 is 0. The van der Waals surface area contributed by atoms with Crippen LogP contribution < -0.4 is 4.90 Å². The minimum Gasteiger partial charge on any atom is -0.368 e. The zero-order valence-electron chi connectivity index (χ0n) is 12.6. The molecule has 5 heteroatoms. The van der Waals surface area contributed by atoms with Gasteiger partial charge in [0.1, 0.15) is 0 Å². The first kappa shape index (κ1) is 15.4. The van der Waals surface area contributed by atoms with Crippen LogP contribution in [0, 0.1) is 11.3 Å². The molecule has 1 aliphatic rings. The van der Waals surface area contributed by atoms with Gasteiger partial charge in [-0.3, -0.25) is 4.79 Å². The quantitative estimate of drug-likeness (QED) is 0.852. The first-order chi connectivity index (χ1) is 11.2. The molecule has 0 saturated carbocycles. The van der Waals surface area contributed by atoms with E-state index in [1.165, 1.54) is 0 Å². The number of rotatable bonds is 2. The van der Waals surface area contributed by atoms with Crippen LogP contribution in [-0.4, -0.2) is 37.0 Å². The summed E-state index contributed by atoms with van der Waals surface area (Å²) in [4.78, 5) is 16.5. The molecule has 0 aromatic heterocycles. The maximum atomic E-state index is 12.5. The highest BCUT2D eigenvalue weighted by atomic mass is 35.5. The van der Waals surface area contributed by atoms with Crippen molar-refractivity contribution >= 4 is 23.2 Å². The second-order valence-electron chi connectivity index (χ2n) is 5.45. The highest BCUT2D eigenvalue weighted by Crippen LogP contribution is 2.19. The standard InChI is InChI=1S/C18H16ClN3O/c19-16-5-2-4-15(12-16)18(23)22-9-7-21(8-10-22)17-6-1-3-14(11-17)13-20/h1-6,11-12H,7-10H2. The molecule has 1 amide bonds. The van der Waals surface area contributed by atoms with E-state index in [2.05, 4.69) is 11.0 Å². The predicted octanol–water partition coefficient (Wildman–Crippen LogP) is 3.17. The lowest BCUT2D eigenvalue weighted by molar-refractivity contribution is 0.0747. The Morgan fingerprint density at radius 3 is 2.48 bits per heavy atom. The number of carbonyl (C=O) groups is 1. The number of halogens is 1. The molecular formula is C18H16ClN3O. The van der Waals surface area contributed by atoms with E-state index in [0.717, 1.165) is 18.8 Å². The minimum absolute atomic E-state index is 0.0120. The highest BCUT2D eigenvalue weighted by Gasteiger charge is 2.22. The Labute approximate surface area is 140 Å². The topological polar surface area (TPSA) is 47.3 Å². The Bertz CT molecular complexity index is 761. The van der Waals surface area contributed by atoms with Gasteiger partial charge in [0.2, 0.25) is 0 Å². The molecule has 0 N–H and O–H groups in total. The largest absolute Gasteiger partial charge is 0.368 e. The average molecular weight is 326 g/mol. The molecule has 1 heterocycles. The molecule has 2 aromatic carbocycles. The molecule has 1 fully saturated rings.